The number of ether oxygens (including phenoxy) is 2. The molecular formula is C24H17Br2ClN4O5. The zero-order valence-electron chi connectivity index (χ0n) is 18.9. The van der Waals surface area contributed by atoms with E-state index in [-0.39, 0.29) is 28.6 Å². The van der Waals surface area contributed by atoms with E-state index in [1.165, 1.54) is 30.1 Å². The van der Waals surface area contributed by atoms with Crippen LogP contribution in [0.3, 0.4) is 0 Å². The molecule has 0 N–H and O–H groups in total. The van der Waals surface area contributed by atoms with Gasteiger partial charge in [0.25, 0.3) is 11.2 Å². The summed E-state index contributed by atoms with van der Waals surface area (Å²) in [7, 11) is 1.46. The first-order valence-corrected chi connectivity index (χ1v) is 12.3. The summed E-state index contributed by atoms with van der Waals surface area (Å²) in [5.41, 5.74) is 1.34. The van der Waals surface area contributed by atoms with Crippen LogP contribution in [-0.4, -0.2) is 27.9 Å². The van der Waals surface area contributed by atoms with Crippen LogP contribution in [0.15, 0.2) is 67.4 Å². The first kappa shape index (κ1) is 25.8. The molecule has 0 radical (unpaired) electrons. The van der Waals surface area contributed by atoms with Crippen LogP contribution in [0.4, 0.5) is 5.69 Å². The molecule has 0 aliphatic carbocycles. The molecular weight excluding hydrogens is 620 g/mol. The van der Waals surface area contributed by atoms with E-state index in [0.717, 1.165) is 4.47 Å². The number of nitro benzene ring substituents is 1. The van der Waals surface area contributed by atoms with E-state index in [1.807, 2.05) is 6.07 Å². The lowest BCUT2D eigenvalue weighted by molar-refractivity contribution is -0.384. The Morgan fingerprint density at radius 1 is 1.22 bits per heavy atom. The molecule has 0 aliphatic rings. The molecule has 0 unspecified atom stereocenters. The van der Waals surface area contributed by atoms with Gasteiger partial charge in [0.2, 0.25) is 0 Å². The molecule has 4 aromatic rings. The second kappa shape index (κ2) is 10.8. The number of aromatic nitrogens is 2. The predicted molar refractivity (Wildman–Crippen MR) is 145 cm³/mol. The maximum atomic E-state index is 13.0. The molecule has 36 heavy (non-hydrogen) atoms. The number of hydrogen-bond donors (Lipinski definition) is 0. The van der Waals surface area contributed by atoms with Gasteiger partial charge >= 0.3 is 0 Å². The minimum atomic E-state index is -0.474. The van der Waals surface area contributed by atoms with E-state index in [2.05, 4.69) is 41.9 Å². The lowest BCUT2D eigenvalue weighted by Gasteiger charge is -2.15. The minimum absolute atomic E-state index is 0.0323. The van der Waals surface area contributed by atoms with E-state index >= 15 is 0 Å². The lowest BCUT2D eigenvalue weighted by Crippen LogP contribution is -2.20. The summed E-state index contributed by atoms with van der Waals surface area (Å²) < 4.78 is 13.7. The van der Waals surface area contributed by atoms with Crippen molar-refractivity contribution in [3.8, 4) is 11.5 Å². The SMILES string of the molecule is COc1cc(C=Nn2c(C)nc3ccc(Br)cc3c2=O)c(Br)c(Cl)c1OCc1cccc([N+](=O)[O-])c1. The van der Waals surface area contributed by atoms with Gasteiger partial charge in [-0.25, -0.2) is 4.98 Å². The van der Waals surface area contributed by atoms with Crippen molar-refractivity contribution in [2.75, 3.05) is 7.11 Å². The van der Waals surface area contributed by atoms with Gasteiger partial charge in [-0.1, -0.05) is 39.7 Å². The molecule has 0 fully saturated rings. The van der Waals surface area contributed by atoms with Crippen molar-refractivity contribution in [1.82, 2.24) is 9.66 Å². The van der Waals surface area contributed by atoms with Crippen molar-refractivity contribution in [3.05, 3.63) is 99.9 Å². The number of rotatable bonds is 7. The molecule has 4 rings (SSSR count). The van der Waals surface area contributed by atoms with Gasteiger partial charge in [0, 0.05) is 26.6 Å². The quantitative estimate of drug-likeness (QED) is 0.135. The van der Waals surface area contributed by atoms with Crippen LogP contribution in [0.5, 0.6) is 11.5 Å². The largest absolute Gasteiger partial charge is 0.493 e. The Labute approximate surface area is 226 Å². The highest BCUT2D eigenvalue weighted by molar-refractivity contribution is 9.10. The molecule has 0 saturated heterocycles. The molecule has 0 spiro atoms. The number of aryl methyl sites for hydroxylation is 1. The number of nitrogens with zero attached hydrogens (tertiary/aromatic N) is 4. The molecule has 3 aromatic carbocycles. The molecule has 1 aromatic heterocycles. The number of methoxy groups -OCH3 is 1. The summed E-state index contributed by atoms with van der Waals surface area (Å²) in [6, 6.07) is 13.0. The summed E-state index contributed by atoms with van der Waals surface area (Å²) in [6.07, 6.45) is 1.46. The number of nitro groups is 1. The normalized spacial score (nSPS) is 11.2. The van der Waals surface area contributed by atoms with Gasteiger partial charge < -0.3 is 9.47 Å². The molecule has 0 aliphatic heterocycles. The number of benzene rings is 3. The van der Waals surface area contributed by atoms with Crippen LogP contribution in [0.1, 0.15) is 17.0 Å². The van der Waals surface area contributed by atoms with Crippen molar-refractivity contribution in [1.29, 1.82) is 0 Å². The van der Waals surface area contributed by atoms with E-state index < -0.39 is 4.92 Å². The number of fused-ring (bicyclic) bond motifs is 1. The molecule has 0 saturated carbocycles. The van der Waals surface area contributed by atoms with Crippen molar-refractivity contribution >= 4 is 66.3 Å². The topological polar surface area (TPSA) is 109 Å². The van der Waals surface area contributed by atoms with Gasteiger partial charge in [0.15, 0.2) is 11.5 Å². The molecule has 12 heteroatoms. The maximum Gasteiger partial charge on any atom is 0.282 e. The van der Waals surface area contributed by atoms with Crippen molar-refractivity contribution in [2.45, 2.75) is 13.5 Å². The van der Waals surface area contributed by atoms with Gasteiger partial charge in [-0.3, -0.25) is 14.9 Å². The van der Waals surface area contributed by atoms with Gasteiger partial charge in [-0.05, 0) is 52.7 Å². The fourth-order valence-electron chi connectivity index (χ4n) is 3.42. The average molecular weight is 637 g/mol. The Kier molecular flexibility index (Phi) is 7.72. The van der Waals surface area contributed by atoms with Gasteiger partial charge in [-0.2, -0.15) is 9.78 Å². The third kappa shape index (κ3) is 5.28. The maximum absolute atomic E-state index is 13.0. The van der Waals surface area contributed by atoms with Crippen molar-refractivity contribution in [2.24, 2.45) is 5.10 Å². The summed E-state index contributed by atoms with van der Waals surface area (Å²) in [5.74, 6) is 0.983. The van der Waals surface area contributed by atoms with Crippen LogP contribution in [0.2, 0.25) is 5.02 Å². The molecule has 0 bridgehead atoms. The van der Waals surface area contributed by atoms with E-state index in [4.69, 9.17) is 21.1 Å². The lowest BCUT2D eigenvalue weighted by atomic mass is 10.2. The van der Waals surface area contributed by atoms with Gasteiger partial charge in [0.05, 0.1) is 29.2 Å². The average Bonchev–Trinajstić information content (AvgIpc) is 2.86. The second-order valence-corrected chi connectivity index (χ2v) is 9.61. The van der Waals surface area contributed by atoms with Crippen LogP contribution >= 0.6 is 43.5 Å². The monoisotopic (exact) mass is 634 g/mol. The first-order chi connectivity index (χ1) is 17.2. The molecule has 0 atom stereocenters. The van der Waals surface area contributed by atoms with Crippen LogP contribution < -0.4 is 15.0 Å². The third-order valence-electron chi connectivity index (χ3n) is 5.16. The molecule has 1 heterocycles. The Bertz CT molecular complexity index is 1590. The minimum Gasteiger partial charge on any atom is -0.493 e. The zero-order valence-corrected chi connectivity index (χ0v) is 22.8. The summed E-state index contributed by atoms with van der Waals surface area (Å²) in [6.45, 7) is 1.72. The van der Waals surface area contributed by atoms with Crippen LogP contribution in [-0.2, 0) is 6.61 Å². The molecule has 0 amide bonds. The Hall–Kier alpha value is -3.28. The number of non-ortho nitro benzene ring substituents is 1. The van der Waals surface area contributed by atoms with E-state index in [0.29, 0.717) is 38.1 Å². The van der Waals surface area contributed by atoms with E-state index in [9.17, 15) is 14.9 Å². The smallest absolute Gasteiger partial charge is 0.282 e. The highest BCUT2D eigenvalue weighted by atomic mass is 79.9. The van der Waals surface area contributed by atoms with Crippen molar-refractivity contribution < 1.29 is 14.4 Å². The van der Waals surface area contributed by atoms with E-state index in [1.54, 1.807) is 37.3 Å². The standard InChI is InChI=1S/C24H17Br2ClN4O5/c1-13-29-19-7-6-16(25)10-18(19)24(32)30(13)28-11-15-9-20(35-2)23(22(27)21(15)26)36-12-14-4-3-5-17(8-14)31(33)34/h3-11H,12H2,1-2H3. The van der Waals surface area contributed by atoms with Gasteiger partial charge in [0.1, 0.15) is 17.5 Å². The van der Waals surface area contributed by atoms with Crippen LogP contribution in [0.25, 0.3) is 10.9 Å². The first-order valence-electron chi connectivity index (χ1n) is 10.3. The van der Waals surface area contributed by atoms with Gasteiger partial charge in [-0.15, -0.1) is 0 Å². The summed E-state index contributed by atoms with van der Waals surface area (Å²) in [4.78, 5) is 28.0. The highest BCUT2D eigenvalue weighted by Gasteiger charge is 2.18. The molecule has 184 valence electrons. The Morgan fingerprint density at radius 2 is 2.00 bits per heavy atom. The number of halogens is 3. The van der Waals surface area contributed by atoms with Crippen LogP contribution in [0, 0.1) is 17.0 Å². The molecule has 9 nitrogen and oxygen atoms in total. The second-order valence-electron chi connectivity index (χ2n) is 7.52. The van der Waals surface area contributed by atoms with Crippen molar-refractivity contribution in [3.63, 3.8) is 0 Å². The predicted octanol–water partition coefficient (Wildman–Crippen LogP) is 6.26. The summed E-state index contributed by atoms with van der Waals surface area (Å²) in [5, 5.41) is 16.0. The highest BCUT2D eigenvalue weighted by Crippen LogP contribution is 2.42. The third-order valence-corrected chi connectivity index (χ3v) is 7.10. The Balaban J connectivity index is 1.67. The number of hydrogen-bond acceptors (Lipinski definition) is 7. The fourth-order valence-corrected chi connectivity index (χ4v) is 4.43. The summed E-state index contributed by atoms with van der Waals surface area (Å²) >= 11 is 13.4. The Morgan fingerprint density at radius 3 is 2.72 bits per heavy atom. The fraction of sp³-hybridized carbons (Fsp3) is 0.125. The zero-order chi connectivity index (χ0) is 26.0.